The van der Waals surface area contributed by atoms with Gasteiger partial charge in [-0.15, -0.1) is 0 Å². The van der Waals surface area contributed by atoms with Crippen molar-refractivity contribution in [3.8, 4) is 0 Å². The number of amides is 1. The van der Waals surface area contributed by atoms with Gasteiger partial charge in [0.2, 0.25) is 0 Å². The highest BCUT2D eigenvalue weighted by atomic mass is 16.6. The van der Waals surface area contributed by atoms with E-state index in [1.807, 2.05) is 20.8 Å². The monoisotopic (exact) mass is 387 g/mol. The van der Waals surface area contributed by atoms with Gasteiger partial charge in [0.15, 0.2) is 5.54 Å². The second kappa shape index (κ2) is 8.46. The lowest BCUT2D eigenvalue weighted by molar-refractivity contribution is -0.156. The predicted octanol–water partition coefficient (Wildman–Crippen LogP) is 2.88. The van der Waals surface area contributed by atoms with Gasteiger partial charge in [-0.3, -0.25) is 9.69 Å². The third kappa shape index (κ3) is 5.57. The lowest BCUT2D eigenvalue weighted by Gasteiger charge is -2.41. The van der Waals surface area contributed by atoms with E-state index in [9.17, 15) is 14.4 Å². The fourth-order valence-electron chi connectivity index (χ4n) is 2.99. The molecule has 1 fully saturated rings. The molecule has 0 aromatic carbocycles. The summed E-state index contributed by atoms with van der Waals surface area (Å²) in [5.74, 6) is -1.10. The van der Waals surface area contributed by atoms with Crippen LogP contribution in [-0.4, -0.2) is 60.6 Å². The van der Waals surface area contributed by atoms with Crippen LogP contribution in [0.25, 0.3) is 0 Å². The molecule has 1 aliphatic heterocycles. The zero-order valence-electron chi connectivity index (χ0n) is 17.7. The summed E-state index contributed by atoms with van der Waals surface area (Å²) in [5, 5.41) is 0. The summed E-state index contributed by atoms with van der Waals surface area (Å²) >= 11 is 0. The Morgan fingerprint density at radius 2 is 1.74 bits per heavy atom. The van der Waals surface area contributed by atoms with E-state index < -0.39 is 40.8 Å². The van der Waals surface area contributed by atoms with Gasteiger partial charge in [-0.1, -0.05) is 20.8 Å². The van der Waals surface area contributed by atoms with Crippen molar-refractivity contribution in [3.05, 3.63) is 0 Å². The zero-order chi connectivity index (χ0) is 21.0. The van der Waals surface area contributed by atoms with E-state index in [0.717, 1.165) is 0 Å². The first kappa shape index (κ1) is 23.2. The molecule has 1 rings (SSSR count). The Balaban J connectivity index is 3.32. The number of rotatable bonds is 5. The molecule has 2 atom stereocenters. The van der Waals surface area contributed by atoms with Gasteiger partial charge in [0.25, 0.3) is 0 Å². The second-order valence-corrected chi connectivity index (χ2v) is 8.71. The van der Waals surface area contributed by atoms with Crippen molar-refractivity contribution in [3.63, 3.8) is 0 Å². The molecule has 0 aromatic rings. The molecule has 0 bridgehead atoms. The molecular weight excluding hydrogens is 354 g/mol. The van der Waals surface area contributed by atoms with Crippen molar-refractivity contribution >= 4 is 18.0 Å². The highest BCUT2D eigenvalue weighted by Crippen LogP contribution is 2.41. The minimum Gasteiger partial charge on any atom is -0.467 e. The molecule has 0 N–H and O–H groups in total. The molecular formula is C19H33NO7. The molecule has 0 radical (unpaired) electrons. The van der Waals surface area contributed by atoms with E-state index >= 15 is 0 Å². The highest BCUT2D eigenvalue weighted by Gasteiger charge is 2.59. The Morgan fingerprint density at radius 1 is 1.15 bits per heavy atom. The van der Waals surface area contributed by atoms with Crippen LogP contribution in [0, 0.1) is 5.41 Å². The fourth-order valence-corrected chi connectivity index (χ4v) is 2.99. The third-order valence-electron chi connectivity index (χ3n) is 4.12. The normalized spacial score (nSPS) is 23.1. The molecule has 8 nitrogen and oxygen atoms in total. The first-order chi connectivity index (χ1) is 12.3. The first-order valence-electron chi connectivity index (χ1n) is 9.16. The Morgan fingerprint density at radius 3 is 2.19 bits per heavy atom. The molecule has 1 heterocycles. The fraction of sp³-hybridized carbons (Fsp3) is 0.842. The number of nitrogens with zero attached hydrogens (tertiary/aromatic N) is 1. The van der Waals surface area contributed by atoms with Gasteiger partial charge < -0.3 is 18.9 Å². The molecule has 0 unspecified atom stereocenters. The summed E-state index contributed by atoms with van der Waals surface area (Å²) < 4.78 is 21.3. The molecule has 1 saturated heterocycles. The highest BCUT2D eigenvalue weighted by molar-refractivity contribution is 5.87. The first-order valence-corrected chi connectivity index (χ1v) is 9.16. The van der Waals surface area contributed by atoms with Crippen molar-refractivity contribution in [2.45, 2.75) is 78.7 Å². The maximum absolute atomic E-state index is 13.0. The molecule has 1 amide bonds. The number of methoxy groups -OCH3 is 1. The number of hydrogen-bond acceptors (Lipinski definition) is 7. The number of hydrogen-bond donors (Lipinski definition) is 0. The van der Waals surface area contributed by atoms with Crippen LogP contribution in [-0.2, 0) is 28.5 Å². The van der Waals surface area contributed by atoms with Crippen molar-refractivity contribution in [2.24, 2.45) is 5.41 Å². The van der Waals surface area contributed by atoms with Gasteiger partial charge in [0, 0.05) is 11.8 Å². The van der Waals surface area contributed by atoms with Crippen LogP contribution in [0.3, 0.4) is 0 Å². The summed E-state index contributed by atoms with van der Waals surface area (Å²) in [6.45, 7) is 12.8. The SMILES string of the molecule is CCOC(=O)CC[C@]1(C(=O)OC)CO[C@@H](C(C)(C)C)N1C(=O)OC(C)(C)C. The molecule has 156 valence electrons. The van der Waals surface area contributed by atoms with Gasteiger partial charge in [-0.05, 0) is 34.1 Å². The Hall–Kier alpha value is -1.83. The smallest absolute Gasteiger partial charge is 0.413 e. The van der Waals surface area contributed by atoms with Gasteiger partial charge >= 0.3 is 18.0 Å². The van der Waals surface area contributed by atoms with Crippen LogP contribution in [0.15, 0.2) is 0 Å². The van der Waals surface area contributed by atoms with Crippen molar-refractivity contribution in [1.82, 2.24) is 4.90 Å². The van der Waals surface area contributed by atoms with Gasteiger partial charge in [-0.25, -0.2) is 9.59 Å². The van der Waals surface area contributed by atoms with E-state index in [-0.39, 0.29) is 26.1 Å². The molecule has 0 saturated carbocycles. The maximum atomic E-state index is 13.0. The Bertz CT molecular complexity index is 561. The summed E-state index contributed by atoms with van der Waals surface area (Å²) in [6, 6.07) is 0. The van der Waals surface area contributed by atoms with Crippen molar-refractivity contribution in [1.29, 1.82) is 0 Å². The average molecular weight is 387 g/mol. The molecule has 27 heavy (non-hydrogen) atoms. The Labute approximate surface area is 161 Å². The lowest BCUT2D eigenvalue weighted by Crippen LogP contribution is -2.60. The number of carbonyl (C=O) groups excluding carboxylic acids is 3. The van der Waals surface area contributed by atoms with Crippen LogP contribution >= 0.6 is 0 Å². The maximum Gasteiger partial charge on any atom is 0.413 e. The quantitative estimate of drug-likeness (QED) is 0.529. The van der Waals surface area contributed by atoms with E-state index in [1.54, 1.807) is 27.7 Å². The molecule has 1 aliphatic rings. The van der Waals surface area contributed by atoms with Gasteiger partial charge in [0.05, 0.1) is 20.3 Å². The molecule has 0 aliphatic carbocycles. The number of esters is 2. The lowest BCUT2D eigenvalue weighted by atomic mass is 9.88. The third-order valence-corrected chi connectivity index (χ3v) is 4.12. The second-order valence-electron chi connectivity index (χ2n) is 8.71. The van der Waals surface area contributed by atoms with Crippen molar-refractivity contribution in [2.75, 3.05) is 20.3 Å². The van der Waals surface area contributed by atoms with E-state index in [0.29, 0.717) is 0 Å². The summed E-state index contributed by atoms with van der Waals surface area (Å²) in [6.07, 6.45) is -1.44. The van der Waals surface area contributed by atoms with Crippen molar-refractivity contribution < 1.29 is 33.3 Å². The summed E-state index contributed by atoms with van der Waals surface area (Å²) in [4.78, 5) is 39.0. The number of carbonyl (C=O) groups is 3. The van der Waals surface area contributed by atoms with E-state index in [4.69, 9.17) is 18.9 Å². The van der Waals surface area contributed by atoms with E-state index in [2.05, 4.69) is 0 Å². The van der Waals surface area contributed by atoms with Crippen LogP contribution in [0.1, 0.15) is 61.3 Å². The van der Waals surface area contributed by atoms with Crippen LogP contribution in [0.5, 0.6) is 0 Å². The summed E-state index contributed by atoms with van der Waals surface area (Å²) in [7, 11) is 1.24. The summed E-state index contributed by atoms with van der Waals surface area (Å²) in [5.41, 5.74) is -2.70. The van der Waals surface area contributed by atoms with E-state index in [1.165, 1.54) is 12.0 Å². The standard InChI is InChI=1S/C19H33NO7/c1-9-25-13(21)10-11-19(15(22)24-8)12-26-14(17(2,3)4)20(19)16(23)27-18(5,6)7/h14H,9-12H2,1-8H3/t14-,19+/m0/s1. The minimum atomic E-state index is -1.46. The predicted molar refractivity (Wildman–Crippen MR) is 97.9 cm³/mol. The molecule has 0 aromatic heterocycles. The average Bonchev–Trinajstić information content (AvgIpc) is 2.92. The molecule has 0 spiro atoms. The zero-order valence-corrected chi connectivity index (χ0v) is 17.7. The van der Waals surface area contributed by atoms with Crippen LogP contribution in [0.2, 0.25) is 0 Å². The molecule has 8 heteroatoms. The van der Waals surface area contributed by atoms with Gasteiger partial charge in [-0.2, -0.15) is 0 Å². The topological polar surface area (TPSA) is 91.4 Å². The van der Waals surface area contributed by atoms with Gasteiger partial charge in [0.1, 0.15) is 11.8 Å². The van der Waals surface area contributed by atoms with Crippen LogP contribution < -0.4 is 0 Å². The number of ether oxygens (including phenoxy) is 4. The van der Waals surface area contributed by atoms with Crippen LogP contribution in [0.4, 0.5) is 4.79 Å². The minimum absolute atomic E-state index is 0.0182. The Kier molecular flexibility index (Phi) is 7.27. The largest absolute Gasteiger partial charge is 0.467 e.